The maximum atomic E-state index is 13.3. The maximum absolute atomic E-state index is 13.3. The third kappa shape index (κ3) is 2.66. The molecular formula is C20H18ClN5O2. The van der Waals surface area contributed by atoms with Crippen LogP contribution in [-0.2, 0) is 7.05 Å². The number of aromatic nitrogens is 4. The van der Waals surface area contributed by atoms with Gasteiger partial charge in [0.1, 0.15) is 5.52 Å². The molecule has 1 amide bonds. The van der Waals surface area contributed by atoms with Crippen LogP contribution >= 0.6 is 11.6 Å². The van der Waals surface area contributed by atoms with E-state index in [4.69, 9.17) is 11.6 Å². The van der Waals surface area contributed by atoms with Crippen molar-refractivity contribution in [3.05, 3.63) is 63.8 Å². The lowest BCUT2D eigenvalue weighted by atomic mass is 10.1. The molecule has 0 fully saturated rings. The Balaban J connectivity index is 2.20. The van der Waals surface area contributed by atoms with Crippen molar-refractivity contribution in [2.75, 3.05) is 13.6 Å². The van der Waals surface area contributed by atoms with E-state index in [2.05, 4.69) is 10.1 Å². The molecule has 0 spiro atoms. The Morgan fingerprint density at radius 3 is 2.61 bits per heavy atom. The van der Waals surface area contributed by atoms with Crippen molar-refractivity contribution in [1.29, 1.82) is 0 Å². The van der Waals surface area contributed by atoms with Gasteiger partial charge >= 0.3 is 0 Å². The van der Waals surface area contributed by atoms with Gasteiger partial charge in [0.2, 0.25) is 0 Å². The van der Waals surface area contributed by atoms with E-state index in [1.165, 1.54) is 4.68 Å². The number of amides is 1. The third-order valence-corrected chi connectivity index (χ3v) is 5.16. The second kappa shape index (κ2) is 6.76. The van der Waals surface area contributed by atoms with Crippen LogP contribution in [0.4, 0.5) is 0 Å². The molecule has 0 unspecified atom stereocenters. The average Bonchev–Trinajstić information content (AvgIpc) is 3.00. The van der Waals surface area contributed by atoms with Crippen LogP contribution in [0.3, 0.4) is 0 Å². The third-order valence-electron chi connectivity index (χ3n) is 4.93. The van der Waals surface area contributed by atoms with E-state index >= 15 is 0 Å². The molecule has 0 aliphatic rings. The Kier molecular flexibility index (Phi) is 4.39. The largest absolute Gasteiger partial charge is 0.341 e. The van der Waals surface area contributed by atoms with Gasteiger partial charge in [-0.05, 0) is 31.2 Å². The van der Waals surface area contributed by atoms with Crippen LogP contribution in [0.5, 0.6) is 0 Å². The molecule has 0 N–H and O–H groups in total. The number of halogens is 1. The minimum absolute atomic E-state index is 0.226. The second-order valence-corrected chi connectivity index (χ2v) is 6.97. The van der Waals surface area contributed by atoms with Gasteiger partial charge in [-0.2, -0.15) is 9.78 Å². The van der Waals surface area contributed by atoms with Crippen molar-refractivity contribution in [2.45, 2.75) is 6.92 Å². The molecule has 3 aromatic heterocycles. The minimum atomic E-state index is -0.313. The number of carbonyl (C=O) groups excluding carboxylic acids is 1. The summed E-state index contributed by atoms with van der Waals surface area (Å²) in [5.74, 6) is -0.252. The normalized spacial score (nSPS) is 11.3. The molecule has 4 rings (SSSR count). The van der Waals surface area contributed by atoms with Gasteiger partial charge in [0, 0.05) is 48.8 Å². The summed E-state index contributed by atoms with van der Waals surface area (Å²) in [7, 11) is 3.50. The lowest BCUT2D eigenvalue weighted by Crippen LogP contribution is -2.31. The predicted molar refractivity (Wildman–Crippen MR) is 109 cm³/mol. The number of benzene rings is 1. The van der Waals surface area contributed by atoms with Crippen molar-refractivity contribution in [2.24, 2.45) is 7.05 Å². The van der Waals surface area contributed by atoms with Gasteiger partial charge in [0.05, 0.1) is 11.2 Å². The smallest absolute Gasteiger partial charge is 0.296 e. The molecule has 0 saturated carbocycles. The zero-order chi connectivity index (χ0) is 20.0. The zero-order valence-corrected chi connectivity index (χ0v) is 16.4. The van der Waals surface area contributed by atoms with Gasteiger partial charge in [-0.1, -0.05) is 17.7 Å². The topological polar surface area (TPSA) is 73.0 Å². The number of aryl methyl sites for hydroxylation is 1. The molecule has 0 bridgehead atoms. The van der Waals surface area contributed by atoms with Crippen molar-refractivity contribution >= 4 is 39.3 Å². The first-order chi connectivity index (χ1) is 13.4. The van der Waals surface area contributed by atoms with Crippen LogP contribution in [0.25, 0.3) is 27.5 Å². The Labute approximate surface area is 165 Å². The van der Waals surface area contributed by atoms with Crippen LogP contribution in [0.1, 0.15) is 17.4 Å². The quantitative estimate of drug-likeness (QED) is 0.534. The summed E-state index contributed by atoms with van der Waals surface area (Å²) < 4.78 is 3.02. The van der Waals surface area contributed by atoms with E-state index in [1.54, 1.807) is 60.2 Å². The summed E-state index contributed by atoms with van der Waals surface area (Å²) in [6.45, 7) is 2.41. The van der Waals surface area contributed by atoms with E-state index < -0.39 is 0 Å². The van der Waals surface area contributed by atoms with Gasteiger partial charge < -0.3 is 9.47 Å². The van der Waals surface area contributed by atoms with Crippen molar-refractivity contribution in [3.8, 4) is 5.69 Å². The van der Waals surface area contributed by atoms with Crippen LogP contribution < -0.4 is 5.56 Å². The SMILES string of the molecule is CCN(C)C(=O)c1nn(-c2ccncc2)c(=O)c2c1c1ccc(Cl)cc1n2C. The lowest BCUT2D eigenvalue weighted by Gasteiger charge is -2.16. The van der Waals surface area contributed by atoms with E-state index in [0.29, 0.717) is 28.2 Å². The fourth-order valence-corrected chi connectivity index (χ4v) is 3.50. The first-order valence-electron chi connectivity index (χ1n) is 8.81. The van der Waals surface area contributed by atoms with Crippen LogP contribution in [0.2, 0.25) is 5.02 Å². The zero-order valence-electron chi connectivity index (χ0n) is 15.7. The average molecular weight is 396 g/mol. The summed E-state index contributed by atoms with van der Waals surface area (Å²) in [5.41, 5.74) is 1.62. The molecule has 1 aromatic carbocycles. The maximum Gasteiger partial charge on any atom is 0.296 e. The summed E-state index contributed by atoms with van der Waals surface area (Å²) in [5, 5.41) is 6.32. The molecule has 8 heteroatoms. The molecule has 7 nitrogen and oxygen atoms in total. The highest BCUT2D eigenvalue weighted by atomic mass is 35.5. The van der Waals surface area contributed by atoms with E-state index in [-0.39, 0.29) is 17.2 Å². The summed E-state index contributed by atoms with van der Waals surface area (Å²) >= 11 is 6.17. The number of fused-ring (bicyclic) bond motifs is 3. The Bertz CT molecular complexity index is 1280. The highest BCUT2D eigenvalue weighted by Crippen LogP contribution is 2.30. The van der Waals surface area contributed by atoms with Gasteiger partial charge in [-0.25, -0.2) is 0 Å². The summed E-state index contributed by atoms with van der Waals surface area (Å²) in [4.78, 5) is 32.0. The molecule has 0 saturated heterocycles. The van der Waals surface area contributed by atoms with Crippen molar-refractivity contribution < 1.29 is 4.79 Å². The minimum Gasteiger partial charge on any atom is -0.341 e. The number of rotatable bonds is 3. The highest BCUT2D eigenvalue weighted by Gasteiger charge is 2.25. The molecule has 3 heterocycles. The van der Waals surface area contributed by atoms with Gasteiger partial charge in [-0.15, -0.1) is 0 Å². The van der Waals surface area contributed by atoms with Crippen LogP contribution in [0.15, 0.2) is 47.5 Å². The molecule has 4 aromatic rings. The lowest BCUT2D eigenvalue weighted by molar-refractivity contribution is 0.0797. The van der Waals surface area contributed by atoms with Crippen molar-refractivity contribution in [3.63, 3.8) is 0 Å². The monoisotopic (exact) mass is 395 g/mol. The van der Waals surface area contributed by atoms with Gasteiger partial charge in [0.15, 0.2) is 5.69 Å². The van der Waals surface area contributed by atoms with Gasteiger partial charge in [0.25, 0.3) is 11.5 Å². The standard InChI is InChI=1S/C20H18ClN5O2/c1-4-24(2)19(27)17-16-14-6-5-12(21)11-15(14)25(3)18(16)20(28)26(23-17)13-7-9-22-10-8-13/h5-11H,4H2,1-3H3. The summed E-state index contributed by atoms with van der Waals surface area (Å²) in [6, 6.07) is 8.70. The fourth-order valence-electron chi connectivity index (χ4n) is 3.33. The number of pyridine rings is 1. The van der Waals surface area contributed by atoms with Crippen molar-refractivity contribution in [1.82, 2.24) is 24.2 Å². The highest BCUT2D eigenvalue weighted by molar-refractivity contribution is 6.31. The molecule has 142 valence electrons. The number of nitrogens with zero attached hydrogens (tertiary/aromatic N) is 5. The number of hydrogen-bond donors (Lipinski definition) is 0. The Morgan fingerprint density at radius 2 is 1.93 bits per heavy atom. The molecule has 0 aliphatic carbocycles. The Morgan fingerprint density at radius 1 is 1.21 bits per heavy atom. The molecule has 0 aliphatic heterocycles. The molecule has 0 radical (unpaired) electrons. The molecular weight excluding hydrogens is 378 g/mol. The fraction of sp³-hybridized carbons (Fsp3) is 0.200. The first-order valence-corrected chi connectivity index (χ1v) is 9.18. The van der Waals surface area contributed by atoms with E-state index in [1.807, 2.05) is 13.0 Å². The Hall–Kier alpha value is -3.19. The number of hydrogen-bond acceptors (Lipinski definition) is 4. The van der Waals surface area contributed by atoms with Crippen LogP contribution in [0, 0.1) is 0 Å². The molecule has 28 heavy (non-hydrogen) atoms. The predicted octanol–water partition coefficient (Wildman–Crippen LogP) is 3.02. The van der Waals surface area contributed by atoms with Gasteiger partial charge in [-0.3, -0.25) is 14.6 Å². The molecule has 0 atom stereocenters. The first kappa shape index (κ1) is 18.2. The van der Waals surface area contributed by atoms with Crippen LogP contribution in [-0.4, -0.2) is 43.7 Å². The second-order valence-electron chi connectivity index (χ2n) is 6.53. The summed E-state index contributed by atoms with van der Waals surface area (Å²) in [6.07, 6.45) is 3.16. The van der Waals surface area contributed by atoms with E-state index in [0.717, 1.165) is 10.9 Å². The van der Waals surface area contributed by atoms with E-state index in [9.17, 15) is 9.59 Å². The number of carbonyl (C=O) groups is 1.